The highest BCUT2D eigenvalue weighted by molar-refractivity contribution is 5.98. The van der Waals surface area contributed by atoms with Crippen LogP contribution < -0.4 is 20.9 Å². The second kappa shape index (κ2) is 10.4. The van der Waals surface area contributed by atoms with E-state index in [0.29, 0.717) is 31.1 Å². The Morgan fingerprint density at radius 3 is 2.73 bits per heavy atom. The molecule has 0 spiro atoms. The first kappa shape index (κ1) is 22.7. The first-order valence-electron chi connectivity index (χ1n) is 11.2. The molecule has 1 unspecified atom stereocenters. The van der Waals surface area contributed by atoms with Crippen LogP contribution in [0.3, 0.4) is 0 Å². The van der Waals surface area contributed by atoms with Crippen LogP contribution in [0, 0.1) is 17.7 Å². The zero-order valence-electron chi connectivity index (χ0n) is 18.1. The minimum absolute atomic E-state index is 0.0193. The summed E-state index contributed by atoms with van der Waals surface area (Å²) >= 11 is 0. The minimum atomic E-state index is -0.320. The summed E-state index contributed by atoms with van der Waals surface area (Å²) in [5, 5.41) is 2.42. The highest BCUT2D eigenvalue weighted by atomic mass is 19.1. The third kappa shape index (κ3) is 6.25. The number of unbranched alkanes of at least 4 members (excludes halogenated alkanes) is 2. The van der Waals surface area contributed by atoms with Crippen molar-refractivity contribution in [2.75, 3.05) is 13.2 Å². The van der Waals surface area contributed by atoms with Gasteiger partial charge < -0.3 is 4.74 Å². The average molecular weight is 420 g/mol. The molecule has 166 valence electrons. The Morgan fingerprint density at radius 2 is 2.03 bits per heavy atom. The molecule has 1 atom stereocenters. The van der Waals surface area contributed by atoms with E-state index in [4.69, 9.17) is 4.74 Å². The van der Waals surface area contributed by atoms with Crippen LogP contribution in [0.5, 0.6) is 5.75 Å². The van der Waals surface area contributed by atoms with Crippen LogP contribution in [0.25, 0.3) is 0 Å². The van der Waals surface area contributed by atoms with Crippen LogP contribution >= 0.6 is 0 Å². The fourth-order valence-electron chi connectivity index (χ4n) is 3.81. The number of hydrogen-bond acceptors (Lipinski definition) is 5. The van der Waals surface area contributed by atoms with Crippen molar-refractivity contribution in [1.82, 2.24) is 16.2 Å². The summed E-state index contributed by atoms with van der Waals surface area (Å²) in [5.41, 5.74) is 7.64. The number of ether oxygens (including phenoxy) is 1. The van der Waals surface area contributed by atoms with E-state index in [1.54, 1.807) is 0 Å². The molecule has 1 aliphatic heterocycles. The first-order valence-corrected chi connectivity index (χ1v) is 11.2. The van der Waals surface area contributed by atoms with Crippen LogP contribution in [-0.4, -0.2) is 25.0 Å². The molecule has 2 fully saturated rings. The standard InChI is InChI=1S/C23H34FN3O3/c1-16(2)15-30-20-14-18(8-9-19(20)24)23(11-12-23)27-25-13-5-3-4-6-17-7-10-21(28)26-22(17)29/h8-9,14,16-17,25,27H,3-7,10-13,15H2,1-2H3,(H,26,28,29). The maximum atomic E-state index is 14.0. The molecule has 3 N–H and O–H groups in total. The predicted octanol–water partition coefficient (Wildman–Crippen LogP) is 3.56. The number of benzene rings is 1. The van der Waals surface area contributed by atoms with Crippen molar-refractivity contribution in [3.8, 4) is 5.75 Å². The Bertz CT molecular complexity index is 749. The van der Waals surface area contributed by atoms with Crippen LogP contribution in [0.4, 0.5) is 4.39 Å². The molecule has 0 bridgehead atoms. The zero-order chi connectivity index (χ0) is 21.6. The van der Waals surface area contributed by atoms with Gasteiger partial charge in [-0.25, -0.2) is 9.82 Å². The first-order chi connectivity index (χ1) is 14.4. The Morgan fingerprint density at radius 1 is 1.23 bits per heavy atom. The summed E-state index contributed by atoms with van der Waals surface area (Å²) in [6.45, 7) is 5.41. The summed E-state index contributed by atoms with van der Waals surface area (Å²) in [5.74, 6) is 0.0618. The highest BCUT2D eigenvalue weighted by Crippen LogP contribution is 2.46. The smallest absolute Gasteiger partial charge is 0.229 e. The van der Waals surface area contributed by atoms with Crippen LogP contribution in [0.1, 0.15) is 70.8 Å². The molecule has 1 aliphatic carbocycles. The van der Waals surface area contributed by atoms with Crippen molar-refractivity contribution >= 4 is 11.8 Å². The Labute approximate surface area is 178 Å². The molecule has 1 saturated heterocycles. The van der Waals surface area contributed by atoms with Crippen LogP contribution in [-0.2, 0) is 15.1 Å². The number of piperidine rings is 1. The van der Waals surface area contributed by atoms with Crippen molar-refractivity contribution in [2.45, 2.75) is 70.8 Å². The van der Waals surface area contributed by atoms with Gasteiger partial charge in [-0.3, -0.25) is 20.3 Å². The zero-order valence-corrected chi connectivity index (χ0v) is 18.1. The number of nitrogens with one attached hydrogen (secondary N) is 3. The van der Waals surface area contributed by atoms with Crippen molar-refractivity contribution < 1.29 is 18.7 Å². The van der Waals surface area contributed by atoms with Gasteiger partial charge in [0.1, 0.15) is 0 Å². The fourth-order valence-corrected chi connectivity index (χ4v) is 3.81. The second-order valence-electron chi connectivity index (χ2n) is 8.98. The van der Waals surface area contributed by atoms with Crippen LogP contribution in [0.2, 0.25) is 0 Å². The number of rotatable bonds is 12. The number of hydrazine groups is 1. The number of carbonyl (C=O) groups excluding carboxylic acids is 2. The van der Waals surface area contributed by atoms with Crippen molar-refractivity contribution in [3.63, 3.8) is 0 Å². The van der Waals surface area contributed by atoms with Gasteiger partial charge in [0.05, 0.1) is 12.1 Å². The molecule has 3 rings (SSSR count). The topological polar surface area (TPSA) is 79.5 Å². The molecule has 1 aromatic carbocycles. The molecule has 2 amide bonds. The van der Waals surface area contributed by atoms with E-state index >= 15 is 0 Å². The number of halogens is 1. The summed E-state index contributed by atoms with van der Waals surface area (Å²) in [4.78, 5) is 22.9. The normalized spacial score (nSPS) is 20.3. The molecule has 2 aliphatic rings. The molecule has 1 saturated carbocycles. The van der Waals surface area contributed by atoms with Gasteiger partial charge in [-0.15, -0.1) is 0 Å². The van der Waals surface area contributed by atoms with Gasteiger partial charge in [-0.05, 0) is 55.7 Å². The molecule has 6 nitrogen and oxygen atoms in total. The van der Waals surface area contributed by atoms with Gasteiger partial charge >= 0.3 is 0 Å². The lowest BCUT2D eigenvalue weighted by Gasteiger charge is -2.21. The van der Waals surface area contributed by atoms with Gasteiger partial charge in [-0.2, -0.15) is 0 Å². The summed E-state index contributed by atoms with van der Waals surface area (Å²) < 4.78 is 19.7. The van der Waals surface area contributed by atoms with E-state index in [0.717, 1.165) is 50.6 Å². The van der Waals surface area contributed by atoms with E-state index in [1.165, 1.54) is 6.07 Å². The van der Waals surface area contributed by atoms with E-state index in [1.807, 2.05) is 26.0 Å². The van der Waals surface area contributed by atoms with Crippen molar-refractivity contribution in [1.29, 1.82) is 0 Å². The number of hydrogen-bond donors (Lipinski definition) is 3. The third-order valence-electron chi connectivity index (χ3n) is 5.84. The van der Waals surface area contributed by atoms with Crippen molar-refractivity contribution in [2.24, 2.45) is 11.8 Å². The SMILES string of the molecule is CC(C)COc1cc(C2(NNCCCCCC3CCC(=O)NC3=O)CC2)ccc1F. The Kier molecular flexibility index (Phi) is 7.83. The van der Waals surface area contributed by atoms with Gasteiger partial charge in [0.2, 0.25) is 11.8 Å². The number of carbonyl (C=O) groups is 2. The maximum Gasteiger partial charge on any atom is 0.229 e. The quantitative estimate of drug-likeness (QED) is 0.274. The lowest BCUT2D eigenvalue weighted by Crippen LogP contribution is -2.41. The molecule has 1 heterocycles. The predicted molar refractivity (Wildman–Crippen MR) is 113 cm³/mol. The van der Waals surface area contributed by atoms with Gasteiger partial charge in [-0.1, -0.05) is 32.8 Å². The van der Waals surface area contributed by atoms with E-state index in [2.05, 4.69) is 16.2 Å². The Hall–Kier alpha value is -1.99. The van der Waals surface area contributed by atoms with E-state index in [9.17, 15) is 14.0 Å². The van der Waals surface area contributed by atoms with Gasteiger partial charge in [0, 0.05) is 18.9 Å². The minimum Gasteiger partial charge on any atom is -0.490 e. The molecule has 7 heteroatoms. The van der Waals surface area contributed by atoms with E-state index < -0.39 is 0 Å². The lowest BCUT2D eigenvalue weighted by molar-refractivity contribution is -0.136. The molecule has 30 heavy (non-hydrogen) atoms. The molecular formula is C23H34FN3O3. The monoisotopic (exact) mass is 419 g/mol. The summed E-state index contributed by atoms with van der Waals surface area (Å²) in [7, 11) is 0. The molecule has 0 radical (unpaired) electrons. The molecule has 1 aromatic rings. The van der Waals surface area contributed by atoms with Gasteiger partial charge in [0.15, 0.2) is 11.6 Å². The van der Waals surface area contributed by atoms with Crippen LogP contribution in [0.15, 0.2) is 18.2 Å². The second-order valence-corrected chi connectivity index (χ2v) is 8.98. The maximum absolute atomic E-state index is 14.0. The lowest BCUT2D eigenvalue weighted by atomic mass is 9.92. The van der Waals surface area contributed by atoms with E-state index in [-0.39, 0.29) is 29.1 Å². The fraction of sp³-hybridized carbons (Fsp3) is 0.652. The van der Waals surface area contributed by atoms with Crippen molar-refractivity contribution in [3.05, 3.63) is 29.6 Å². The number of amides is 2. The highest BCUT2D eigenvalue weighted by Gasteiger charge is 2.44. The average Bonchev–Trinajstić information content (AvgIpc) is 3.49. The third-order valence-corrected chi connectivity index (χ3v) is 5.84. The molecular weight excluding hydrogens is 385 g/mol. The Balaban J connectivity index is 1.35. The largest absolute Gasteiger partial charge is 0.490 e. The summed E-state index contributed by atoms with van der Waals surface area (Å²) in [6.07, 6.45) is 6.99. The molecule has 0 aromatic heterocycles. The number of imide groups is 1. The van der Waals surface area contributed by atoms with Gasteiger partial charge in [0.25, 0.3) is 0 Å². The summed E-state index contributed by atoms with van der Waals surface area (Å²) in [6, 6.07) is 5.14.